The van der Waals surface area contributed by atoms with Crippen molar-refractivity contribution in [2.45, 2.75) is 70.9 Å². The van der Waals surface area contributed by atoms with E-state index in [0.717, 1.165) is 30.0 Å². The number of halogens is 1. The molecular weight excluding hydrogens is 469 g/mol. The van der Waals surface area contributed by atoms with Crippen molar-refractivity contribution in [3.8, 4) is 0 Å². The van der Waals surface area contributed by atoms with Crippen LogP contribution in [0, 0.1) is 5.92 Å². The minimum Gasteiger partial charge on any atom is -0.352 e. The van der Waals surface area contributed by atoms with E-state index in [2.05, 4.69) is 46.7 Å². The summed E-state index contributed by atoms with van der Waals surface area (Å²) in [4.78, 5) is 11.8. The van der Waals surface area contributed by atoms with Crippen molar-refractivity contribution < 1.29 is 0 Å². The van der Waals surface area contributed by atoms with E-state index in [-0.39, 0.29) is 29.4 Å². The monoisotopic (exact) mass is 505 g/mol. The van der Waals surface area contributed by atoms with Crippen molar-refractivity contribution in [2.24, 2.45) is 10.9 Å². The Balaban J connectivity index is 0.00000261. The van der Waals surface area contributed by atoms with Gasteiger partial charge in [-0.3, -0.25) is 4.99 Å². The van der Waals surface area contributed by atoms with Gasteiger partial charge in [0.2, 0.25) is 0 Å². The van der Waals surface area contributed by atoms with Crippen LogP contribution >= 0.6 is 35.3 Å². The molecule has 27 heavy (non-hydrogen) atoms. The molecule has 2 N–H and O–H groups in total. The average molecular weight is 506 g/mol. The molecule has 0 radical (unpaired) electrons. The molecule has 0 spiro atoms. The zero-order valence-corrected chi connectivity index (χ0v) is 20.4. The van der Waals surface area contributed by atoms with E-state index in [1.165, 1.54) is 50.9 Å². The molecule has 1 saturated carbocycles. The van der Waals surface area contributed by atoms with Crippen molar-refractivity contribution >= 4 is 41.3 Å². The third kappa shape index (κ3) is 6.85. The highest BCUT2D eigenvalue weighted by atomic mass is 127. The molecule has 154 valence electrons. The van der Waals surface area contributed by atoms with Gasteiger partial charge in [0.1, 0.15) is 5.01 Å². The maximum atomic E-state index is 4.75. The Morgan fingerprint density at radius 1 is 1.30 bits per heavy atom. The molecule has 1 aliphatic heterocycles. The minimum absolute atomic E-state index is 0. The fraction of sp³-hybridized carbons (Fsp3) is 0.800. The summed E-state index contributed by atoms with van der Waals surface area (Å²) in [5.41, 5.74) is 1.28. The molecule has 1 atom stereocenters. The Morgan fingerprint density at radius 3 is 2.67 bits per heavy atom. The summed E-state index contributed by atoms with van der Waals surface area (Å²) < 4.78 is 0. The summed E-state index contributed by atoms with van der Waals surface area (Å²) in [6.07, 6.45) is 6.94. The second-order valence-corrected chi connectivity index (χ2v) is 9.78. The van der Waals surface area contributed by atoms with Gasteiger partial charge in [0, 0.05) is 43.5 Å². The van der Waals surface area contributed by atoms with Crippen LogP contribution in [0.4, 0.5) is 0 Å². The predicted octanol–water partition coefficient (Wildman–Crippen LogP) is 3.99. The highest BCUT2D eigenvalue weighted by Gasteiger charge is 2.26. The van der Waals surface area contributed by atoms with Crippen LogP contribution < -0.4 is 10.6 Å². The van der Waals surface area contributed by atoms with E-state index >= 15 is 0 Å². The molecule has 0 bridgehead atoms. The molecule has 0 amide bonds. The molecule has 3 rings (SSSR count). The highest BCUT2D eigenvalue weighted by Crippen LogP contribution is 2.27. The molecule has 2 heterocycles. The van der Waals surface area contributed by atoms with Crippen LogP contribution in [-0.2, 0) is 12.0 Å². The number of hydrogen-bond acceptors (Lipinski definition) is 4. The smallest absolute Gasteiger partial charge is 0.191 e. The first-order valence-corrected chi connectivity index (χ1v) is 11.0. The molecule has 0 aromatic carbocycles. The van der Waals surface area contributed by atoms with Gasteiger partial charge < -0.3 is 15.5 Å². The van der Waals surface area contributed by atoms with Crippen molar-refractivity contribution in [1.29, 1.82) is 0 Å². The van der Waals surface area contributed by atoms with Crippen LogP contribution in [0.15, 0.2) is 10.4 Å². The zero-order chi connectivity index (χ0) is 18.6. The second-order valence-electron chi connectivity index (χ2n) is 8.84. The number of guanidine groups is 1. The fourth-order valence-electron chi connectivity index (χ4n) is 3.96. The van der Waals surface area contributed by atoms with Gasteiger partial charge in [-0.2, -0.15) is 0 Å². The van der Waals surface area contributed by atoms with Crippen molar-refractivity contribution in [1.82, 2.24) is 20.5 Å². The molecule has 1 aliphatic carbocycles. The summed E-state index contributed by atoms with van der Waals surface area (Å²) in [5, 5.41) is 10.3. The summed E-state index contributed by atoms with van der Waals surface area (Å²) >= 11 is 1.73. The van der Waals surface area contributed by atoms with Crippen LogP contribution in [0.5, 0.6) is 0 Å². The molecule has 1 saturated heterocycles. The van der Waals surface area contributed by atoms with Crippen molar-refractivity contribution in [3.63, 3.8) is 0 Å². The van der Waals surface area contributed by atoms with E-state index in [9.17, 15) is 0 Å². The molecular formula is C20H36IN5S. The summed E-state index contributed by atoms with van der Waals surface area (Å²) in [6, 6.07) is 0.504. The Labute approximate surface area is 185 Å². The molecule has 2 aliphatic rings. The van der Waals surface area contributed by atoms with Gasteiger partial charge in [-0.05, 0) is 25.2 Å². The Morgan fingerprint density at radius 2 is 2.04 bits per heavy atom. The SMILES string of the molecule is CN=C(NCc1nc(C(C)(C)C)cs1)NC1CCN(CC2CCCC2)C1.I. The standard InChI is InChI=1S/C20H35N5S.HI/c1-20(2,3)17-14-26-18(24-17)11-22-19(21-4)23-16-9-10-25(13-16)12-15-7-5-6-8-15;/h14-16H,5-13H2,1-4H3,(H2,21,22,23);1H. The average Bonchev–Trinajstić information content (AvgIpc) is 3.33. The van der Waals surface area contributed by atoms with Gasteiger partial charge in [0.25, 0.3) is 0 Å². The first-order chi connectivity index (χ1) is 12.4. The predicted molar refractivity (Wildman–Crippen MR) is 126 cm³/mol. The Bertz CT molecular complexity index is 604. The number of nitrogens with one attached hydrogen (secondary N) is 2. The normalized spacial score (nSPS) is 22.1. The van der Waals surface area contributed by atoms with Gasteiger partial charge in [0.05, 0.1) is 12.2 Å². The van der Waals surface area contributed by atoms with Crippen LogP contribution in [0.25, 0.3) is 0 Å². The number of nitrogens with zero attached hydrogens (tertiary/aromatic N) is 3. The lowest BCUT2D eigenvalue weighted by molar-refractivity contribution is 0.275. The van der Waals surface area contributed by atoms with E-state index in [1.807, 2.05) is 7.05 Å². The quantitative estimate of drug-likeness (QED) is 0.361. The van der Waals surface area contributed by atoms with E-state index in [0.29, 0.717) is 6.04 Å². The third-order valence-corrected chi connectivity index (χ3v) is 6.40. The van der Waals surface area contributed by atoms with Crippen molar-refractivity contribution in [3.05, 3.63) is 16.1 Å². The molecule has 2 fully saturated rings. The van der Waals surface area contributed by atoms with Crippen LogP contribution in [0.3, 0.4) is 0 Å². The number of hydrogen-bond donors (Lipinski definition) is 2. The van der Waals surface area contributed by atoms with Gasteiger partial charge in [-0.1, -0.05) is 33.6 Å². The first kappa shape index (κ1) is 22.9. The first-order valence-electron chi connectivity index (χ1n) is 10.1. The Hall–Kier alpha value is -0.410. The van der Waals surface area contributed by atoms with Crippen LogP contribution in [-0.4, -0.2) is 48.6 Å². The Kier molecular flexibility index (Phi) is 8.80. The van der Waals surface area contributed by atoms with Crippen LogP contribution in [0.2, 0.25) is 0 Å². The summed E-state index contributed by atoms with van der Waals surface area (Å²) in [7, 11) is 1.85. The third-order valence-electron chi connectivity index (χ3n) is 5.56. The maximum Gasteiger partial charge on any atom is 0.191 e. The number of aromatic nitrogens is 1. The zero-order valence-electron chi connectivity index (χ0n) is 17.3. The van der Waals surface area contributed by atoms with E-state index in [1.54, 1.807) is 11.3 Å². The summed E-state index contributed by atoms with van der Waals surface area (Å²) in [5.74, 6) is 1.83. The second kappa shape index (κ2) is 10.4. The lowest BCUT2D eigenvalue weighted by atomic mass is 9.93. The van der Waals surface area contributed by atoms with Crippen LogP contribution in [0.1, 0.15) is 63.6 Å². The lowest BCUT2D eigenvalue weighted by Crippen LogP contribution is -2.44. The molecule has 1 unspecified atom stereocenters. The van der Waals surface area contributed by atoms with Gasteiger partial charge in [-0.15, -0.1) is 35.3 Å². The molecule has 1 aromatic rings. The molecule has 1 aromatic heterocycles. The number of rotatable bonds is 5. The fourth-order valence-corrected chi connectivity index (χ4v) is 4.92. The lowest BCUT2D eigenvalue weighted by Gasteiger charge is -2.21. The number of aliphatic imine (C=N–C) groups is 1. The van der Waals surface area contributed by atoms with E-state index in [4.69, 9.17) is 4.98 Å². The van der Waals surface area contributed by atoms with Crippen molar-refractivity contribution in [2.75, 3.05) is 26.7 Å². The number of thiazole rings is 1. The summed E-state index contributed by atoms with van der Waals surface area (Å²) in [6.45, 7) is 11.0. The van der Waals surface area contributed by atoms with Gasteiger partial charge in [-0.25, -0.2) is 4.98 Å². The highest BCUT2D eigenvalue weighted by molar-refractivity contribution is 14.0. The maximum absolute atomic E-state index is 4.75. The molecule has 5 nitrogen and oxygen atoms in total. The van der Waals surface area contributed by atoms with Gasteiger partial charge in [0.15, 0.2) is 5.96 Å². The van der Waals surface area contributed by atoms with E-state index < -0.39 is 0 Å². The molecule has 7 heteroatoms. The topological polar surface area (TPSA) is 52.6 Å². The van der Waals surface area contributed by atoms with Gasteiger partial charge >= 0.3 is 0 Å². The minimum atomic E-state index is 0. The largest absolute Gasteiger partial charge is 0.352 e. The number of likely N-dealkylation sites (tertiary alicyclic amines) is 1.